The molecule has 0 saturated carbocycles. The van der Waals surface area contributed by atoms with E-state index in [2.05, 4.69) is 169 Å². The van der Waals surface area contributed by atoms with Crippen LogP contribution in [0.1, 0.15) is 0 Å². The number of rotatable bonds is 3. The van der Waals surface area contributed by atoms with Gasteiger partial charge in [-0.25, -0.2) is 0 Å². The number of fused-ring (bicyclic) bond motifs is 9. The Morgan fingerprint density at radius 2 is 1.00 bits per heavy atom. The van der Waals surface area contributed by atoms with Crippen molar-refractivity contribution in [1.29, 1.82) is 0 Å². The largest absolute Gasteiger partial charge is 0.455 e. The van der Waals surface area contributed by atoms with E-state index in [1.165, 1.54) is 81.0 Å². The zero-order valence-corrected chi connectivity index (χ0v) is 27.8. The lowest BCUT2D eigenvalue weighted by Gasteiger charge is -2.18. The monoisotopic (exact) mass is 652 g/mol. The molecular weight excluding hydrogens is 625 g/mol. The molecule has 2 aromatic heterocycles. The second-order valence-electron chi connectivity index (χ2n) is 13.2. The van der Waals surface area contributed by atoms with Gasteiger partial charge in [0, 0.05) is 26.4 Å². The first-order valence-electron chi connectivity index (χ1n) is 17.1. The topological polar surface area (TPSA) is 13.1 Å². The van der Waals surface area contributed by atoms with Gasteiger partial charge in [-0.15, -0.1) is 11.3 Å². The van der Waals surface area contributed by atoms with Crippen LogP contribution in [0.5, 0.6) is 0 Å². The molecule has 0 saturated heterocycles. The van der Waals surface area contributed by atoms with Gasteiger partial charge in [0.2, 0.25) is 0 Å². The molecule has 0 aliphatic heterocycles. The van der Waals surface area contributed by atoms with Gasteiger partial charge in [-0.05, 0) is 107 Å². The summed E-state index contributed by atoms with van der Waals surface area (Å²) in [5, 5.41) is 15.8. The number of hydrogen-bond donors (Lipinski definition) is 0. The van der Waals surface area contributed by atoms with Gasteiger partial charge in [0.15, 0.2) is 0 Å². The summed E-state index contributed by atoms with van der Waals surface area (Å²) in [5.74, 6) is 0. The van der Waals surface area contributed by atoms with Crippen molar-refractivity contribution in [3.63, 3.8) is 0 Å². The molecule has 0 N–H and O–H groups in total. The summed E-state index contributed by atoms with van der Waals surface area (Å²) in [6, 6.07) is 59.7. The molecule has 11 aromatic rings. The third-order valence-electron chi connectivity index (χ3n) is 10.5. The molecule has 0 unspecified atom stereocenters. The Balaban J connectivity index is 1.16. The van der Waals surface area contributed by atoms with Crippen LogP contribution in [-0.2, 0) is 0 Å². The van der Waals surface area contributed by atoms with Crippen LogP contribution in [0.25, 0.3) is 108 Å². The molecule has 2 heterocycles. The molecule has 50 heavy (non-hydrogen) atoms. The van der Waals surface area contributed by atoms with Crippen LogP contribution in [0.2, 0.25) is 0 Å². The molecule has 0 spiro atoms. The minimum Gasteiger partial charge on any atom is -0.455 e. The summed E-state index contributed by atoms with van der Waals surface area (Å²) in [7, 11) is 0. The molecule has 1 nitrogen and oxygen atoms in total. The third-order valence-corrected chi connectivity index (χ3v) is 11.5. The van der Waals surface area contributed by atoms with Gasteiger partial charge in [-0.1, -0.05) is 133 Å². The van der Waals surface area contributed by atoms with E-state index in [4.69, 9.17) is 4.42 Å². The van der Waals surface area contributed by atoms with E-state index in [1.54, 1.807) is 11.3 Å². The maximum atomic E-state index is 6.91. The number of thiophene rings is 1. The number of hydrogen-bond acceptors (Lipinski definition) is 2. The lowest BCUT2D eigenvalue weighted by molar-refractivity contribution is 0.673. The molecule has 0 amide bonds. The van der Waals surface area contributed by atoms with Crippen LogP contribution in [0.3, 0.4) is 0 Å². The molecule has 0 bridgehead atoms. The maximum absolute atomic E-state index is 6.91. The van der Waals surface area contributed by atoms with Crippen molar-refractivity contribution in [2.75, 3.05) is 0 Å². The zero-order valence-electron chi connectivity index (χ0n) is 27.0. The van der Waals surface area contributed by atoms with Crippen molar-refractivity contribution in [3.8, 4) is 33.4 Å². The Kier molecular flexibility index (Phi) is 5.89. The summed E-state index contributed by atoms with van der Waals surface area (Å²) >= 11 is 1.78. The molecule has 0 radical (unpaired) electrons. The minimum absolute atomic E-state index is 0.909. The Morgan fingerprint density at radius 3 is 1.78 bits per heavy atom. The summed E-state index contributed by atoms with van der Waals surface area (Å²) in [5.41, 5.74) is 9.24. The second-order valence-corrected chi connectivity index (χ2v) is 14.1. The standard InChI is InChI=1S/C48H28OS/c1-2-12-31-26-32(21-20-29(31)10-1)42-28-50-44-25-24-41-35-23-22-33(27-43(35)49-48(41)47(42)44)45-37-15-5-7-17-39(37)46(40-18-8-6-16-38(40)45)36-19-9-13-30-11-3-4-14-34(30)36/h1-28H. The fourth-order valence-corrected chi connectivity index (χ4v) is 9.22. The summed E-state index contributed by atoms with van der Waals surface area (Å²) in [4.78, 5) is 0. The molecule has 2 heteroatoms. The fourth-order valence-electron chi connectivity index (χ4n) is 8.25. The smallest absolute Gasteiger partial charge is 0.144 e. The first kappa shape index (κ1) is 27.7. The Morgan fingerprint density at radius 1 is 0.380 bits per heavy atom. The lowest BCUT2D eigenvalue weighted by atomic mass is 9.84. The van der Waals surface area contributed by atoms with Gasteiger partial charge in [-0.3, -0.25) is 0 Å². The number of benzene rings is 9. The molecule has 232 valence electrons. The molecule has 0 aliphatic rings. The van der Waals surface area contributed by atoms with Gasteiger partial charge in [0.05, 0.1) is 0 Å². The fraction of sp³-hybridized carbons (Fsp3) is 0. The van der Waals surface area contributed by atoms with Crippen LogP contribution in [0.4, 0.5) is 0 Å². The third kappa shape index (κ3) is 4.00. The Hall–Kier alpha value is -6.22. The molecule has 9 aromatic carbocycles. The SMILES string of the molecule is c1ccc2cc(-c3csc4ccc5c6ccc(-c7c8ccccc8c(-c8cccc9ccccc89)c8ccccc78)cc6oc5c34)ccc2c1. The van der Waals surface area contributed by atoms with Gasteiger partial charge in [0.1, 0.15) is 11.2 Å². The van der Waals surface area contributed by atoms with Crippen molar-refractivity contribution in [2.24, 2.45) is 0 Å². The van der Waals surface area contributed by atoms with Crippen molar-refractivity contribution in [1.82, 2.24) is 0 Å². The van der Waals surface area contributed by atoms with Crippen LogP contribution in [0.15, 0.2) is 174 Å². The highest BCUT2D eigenvalue weighted by atomic mass is 32.1. The maximum Gasteiger partial charge on any atom is 0.144 e. The molecule has 0 aliphatic carbocycles. The van der Waals surface area contributed by atoms with Crippen LogP contribution >= 0.6 is 11.3 Å². The van der Waals surface area contributed by atoms with Crippen molar-refractivity contribution >= 4 is 86.5 Å². The average molecular weight is 653 g/mol. The van der Waals surface area contributed by atoms with E-state index in [0.717, 1.165) is 27.5 Å². The van der Waals surface area contributed by atoms with E-state index in [0.29, 0.717) is 0 Å². The average Bonchev–Trinajstić information content (AvgIpc) is 3.78. The van der Waals surface area contributed by atoms with Gasteiger partial charge >= 0.3 is 0 Å². The zero-order chi connectivity index (χ0) is 32.8. The first-order chi connectivity index (χ1) is 24.8. The van der Waals surface area contributed by atoms with E-state index < -0.39 is 0 Å². The van der Waals surface area contributed by atoms with E-state index in [9.17, 15) is 0 Å². The van der Waals surface area contributed by atoms with Crippen molar-refractivity contribution in [2.45, 2.75) is 0 Å². The molecule has 0 fully saturated rings. The number of furan rings is 1. The van der Waals surface area contributed by atoms with E-state index in [1.807, 2.05) is 0 Å². The van der Waals surface area contributed by atoms with Crippen LogP contribution < -0.4 is 0 Å². The molecule has 11 rings (SSSR count). The second kappa shape index (κ2) is 10.6. The lowest BCUT2D eigenvalue weighted by Crippen LogP contribution is -1.91. The van der Waals surface area contributed by atoms with Crippen molar-refractivity contribution < 1.29 is 4.42 Å². The Labute approximate surface area is 292 Å². The normalized spacial score (nSPS) is 12.0. The predicted octanol–water partition coefficient (Wildman–Crippen LogP) is 14.4. The minimum atomic E-state index is 0.909. The predicted molar refractivity (Wildman–Crippen MR) is 215 cm³/mol. The van der Waals surface area contributed by atoms with Gasteiger partial charge in [-0.2, -0.15) is 0 Å². The highest BCUT2D eigenvalue weighted by Gasteiger charge is 2.20. The van der Waals surface area contributed by atoms with Crippen LogP contribution in [-0.4, -0.2) is 0 Å². The summed E-state index contributed by atoms with van der Waals surface area (Å²) in [6.07, 6.45) is 0. The van der Waals surface area contributed by atoms with Crippen molar-refractivity contribution in [3.05, 3.63) is 169 Å². The summed E-state index contributed by atoms with van der Waals surface area (Å²) < 4.78 is 8.14. The van der Waals surface area contributed by atoms with Gasteiger partial charge < -0.3 is 4.42 Å². The highest BCUT2D eigenvalue weighted by molar-refractivity contribution is 7.18. The molecular formula is C48H28OS. The van der Waals surface area contributed by atoms with E-state index in [-0.39, 0.29) is 0 Å². The Bertz CT molecular complexity index is 3100. The molecule has 0 atom stereocenters. The quantitative estimate of drug-likeness (QED) is 0.173. The first-order valence-corrected chi connectivity index (χ1v) is 18.0. The van der Waals surface area contributed by atoms with Gasteiger partial charge in [0.25, 0.3) is 0 Å². The highest BCUT2D eigenvalue weighted by Crippen LogP contribution is 2.47. The van der Waals surface area contributed by atoms with E-state index >= 15 is 0 Å². The van der Waals surface area contributed by atoms with Crippen LogP contribution in [0, 0.1) is 0 Å². The summed E-state index contributed by atoms with van der Waals surface area (Å²) in [6.45, 7) is 0.